The Balaban J connectivity index is 2.06. The van der Waals surface area contributed by atoms with Gasteiger partial charge in [-0.2, -0.15) is 18.4 Å². The molecule has 1 aliphatic heterocycles. The molecule has 3 nitrogen and oxygen atoms in total. The topological polar surface area (TPSA) is 53.0 Å². The molecular weight excluding hydrogens is 255 g/mol. The summed E-state index contributed by atoms with van der Waals surface area (Å²) in [6.45, 7) is 0.713. The van der Waals surface area contributed by atoms with Gasteiger partial charge < -0.3 is 10.6 Å². The highest BCUT2D eigenvalue weighted by molar-refractivity contribution is 5.63. The van der Waals surface area contributed by atoms with Gasteiger partial charge >= 0.3 is 6.18 Å². The molecule has 19 heavy (non-hydrogen) atoms. The SMILES string of the molecule is N#Cc1ccc(N2CCC(C(F)(F)F)CC2)cc1N. The Kier molecular flexibility index (Phi) is 3.56. The van der Waals surface area contributed by atoms with E-state index in [1.54, 1.807) is 18.2 Å². The Bertz CT molecular complexity index is 497. The van der Waals surface area contributed by atoms with Gasteiger partial charge in [0.1, 0.15) is 6.07 Å². The van der Waals surface area contributed by atoms with Crippen molar-refractivity contribution < 1.29 is 13.2 Å². The van der Waals surface area contributed by atoms with Gasteiger partial charge in [-0.25, -0.2) is 0 Å². The molecule has 0 aliphatic carbocycles. The van der Waals surface area contributed by atoms with E-state index in [0.29, 0.717) is 24.3 Å². The molecule has 1 heterocycles. The first-order valence-electron chi connectivity index (χ1n) is 6.03. The van der Waals surface area contributed by atoms with Gasteiger partial charge in [-0.15, -0.1) is 0 Å². The lowest BCUT2D eigenvalue weighted by atomic mass is 9.96. The second kappa shape index (κ2) is 5.00. The number of nitrogens with zero attached hydrogens (tertiary/aromatic N) is 2. The van der Waals surface area contributed by atoms with Crippen molar-refractivity contribution in [2.75, 3.05) is 23.7 Å². The van der Waals surface area contributed by atoms with Crippen LogP contribution in [0.25, 0.3) is 0 Å². The van der Waals surface area contributed by atoms with Gasteiger partial charge in [0.15, 0.2) is 0 Å². The second-order valence-corrected chi connectivity index (χ2v) is 4.69. The Morgan fingerprint density at radius 3 is 2.37 bits per heavy atom. The molecule has 0 unspecified atom stereocenters. The zero-order valence-electron chi connectivity index (χ0n) is 10.2. The zero-order chi connectivity index (χ0) is 14.0. The van der Waals surface area contributed by atoms with Crippen LogP contribution in [0.15, 0.2) is 18.2 Å². The molecule has 1 aliphatic rings. The van der Waals surface area contributed by atoms with Crippen LogP contribution in [0.1, 0.15) is 18.4 Å². The summed E-state index contributed by atoms with van der Waals surface area (Å²) in [6, 6.07) is 6.93. The fraction of sp³-hybridized carbons (Fsp3) is 0.462. The molecular formula is C13H14F3N3. The summed E-state index contributed by atoms with van der Waals surface area (Å²) in [5, 5.41) is 8.78. The highest BCUT2D eigenvalue weighted by atomic mass is 19.4. The van der Waals surface area contributed by atoms with E-state index < -0.39 is 12.1 Å². The maximum Gasteiger partial charge on any atom is 0.391 e. The number of piperidine rings is 1. The van der Waals surface area contributed by atoms with Gasteiger partial charge in [0.25, 0.3) is 0 Å². The van der Waals surface area contributed by atoms with Gasteiger partial charge in [-0.3, -0.25) is 0 Å². The Hall–Kier alpha value is -1.90. The number of nitrogen functional groups attached to an aromatic ring is 1. The molecule has 0 radical (unpaired) electrons. The van der Waals surface area contributed by atoms with Crippen LogP contribution >= 0.6 is 0 Å². The molecule has 0 amide bonds. The molecule has 2 N–H and O–H groups in total. The van der Waals surface area contributed by atoms with Crippen LogP contribution in [-0.4, -0.2) is 19.3 Å². The predicted molar refractivity (Wildman–Crippen MR) is 66.6 cm³/mol. The quantitative estimate of drug-likeness (QED) is 0.797. The number of benzene rings is 1. The third kappa shape index (κ3) is 2.92. The van der Waals surface area contributed by atoms with Crippen molar-refractivity contribution >= 4 is 11.4 Å². The monoisotopic (exact) mass is 269 g/mol. The largest absolute Gasteiger partial charge is 0.398 e. The van der Waals surface area contributed by atoms with Crippen LogP contribution in [0.5, 0.6) is 0 Å². The summed E-state index contributed by atoms with van der Waals surface area (Å²) >= 11 is 0. The highest BCUT2D eigenvalue weighted by Gasteiger charge is 2.41. The molecule has 2 rings (SSSR count). The summed E-state index contributed by atoms with van der Waals surface area (Å²) < 4.78 is 37.7. The molecule has 1 aromatic rings. The van der Waals surface area contributed by atoms with Crippen molar-refractivity contribution in [1.82, 2.24) is 0 Å². The maximum absolute atomic E-state index is 12.6. The molecule has 1 saturated heterocycles. The van der Waals surface area contributed by atoms with Gasteiger partial charge in [-0.05, 0) is 31.0 Å². The van der Waals surface area contributed by atoms with Crippen LogP contribution in [0, 0.1) is 17.2 Å². The highest BCUT2D eigenvalue weighted by Crippen LogP contribution is 2.35. The van der Waals surface area contributed by atoms with Crippen LogP contribution in [-0.2, 0) is 0 Å². The van der Waals surface area contributed by atoms with Crippen LogP contribution in [0.4, 0.5) is 24.5 Å². The van der Waals surface area contributed by atoms with E-state index in [4.69, 9.17) is 11.0 Å². The summed E-state index contributed by atoms with van der Waals surface area (Å²) in [6.07, 6.45) is -3.90. The first-order chi connectivity index (χ1) is 8.91. The third-order valence-electron chi connectivity index (χ3n) is 3.48. The summed E-state index contributed by atoms with van der Waals surface area (Å²) in [5.74, 6) is -1.21. The van der Waals surface area contributed by atoms with E-state index in [9.17, 15) is 13.2 Å². The van der Waals surface area contributed by atoms with E-state index >= 15 is 0 Å². The fourth-order valence-corrected chi connectivity index (χ4v) is 2.31. The lowest BCUT2D eigenvalue weighted by Crippen LogP contribution is -2.39. The van der Waals surface area contributed by atoms with E-state index in [0.717, 1.165) is 5.69 Å². The van der Waals surface area contributed by atoms with Crippen molar-refractivity contribution in [3.8, 4) is 6.07 Å². The number of hydrogen-bond donors (Lipinski definition) is 1. The van der Waals surface area contributed by atoms with Gasteiger partial charge in [0, 0.05) is 18.8 Å². The molecule has 0 saturated carbocycles. The molecule has 102 valence electrons. The van der Waals surface area contributed by atoms with Crippen molar-refractivity contribution in [3.63, 3.8) is 0 Å². The van der Waals surface area contributed by atoms with E-state index in [1.807, 2.05) is 11.0 Å². The molecule has 6 heteroatoms. The van der Waals surface area contributed by atoms with Gasteiger partial charge in [0.2, 0.25) is 0 Å². The van der Waals surface area contributed by atoms with E-state index in [2.05, 4.69) is 0 Å². The minimum absolute atomic E-state index is 0.101. The Morgan fingerprint density at radius 2 is 1.89 bits per heavy atom. The maximum atomic E-state index is 12.6. The van der Waals surface area contributed by atoms with Crippen molar-refractivity contribution in [3.05, 3.63) is 23.8 Å². The van der Waals surface area contributed by atoms with E-state index in [-0.39, 0.29) is 12.8 Å². The minimum Gasteiger partial charge on any atom is -0.398 e. The first-order valence-corrected chi connectivity index (χ1v) is 6.03. The molecule has 0 aromatic heterocycles. The molecule has 1 fully saturated rings. The first kappa shape index (κ1) is 13.5. The van der Waals surface area contributed by atoms with Crippen LogP contribution in [0.3, 0.4) is 0 Å². The Morgan fingerprint density at radius 1 is 1.26 bits per heavy atom. The summed E-state index contributed by atoms with van der Waals surface area (Å²) in [4.78, 5) is 1.87. The zero-order valence-corrected chi connectivity index (χ0v) is 10.2. The third-order valence-corrected chi connectivity index (χ3v) is 3.48. The summed E-state index contributed by atoms with van der Waals surface area (Å²) in [5.41, 5.74) is 7.22. The lowest BCUT2D eigenvalue weighted by Gasteiger charge is -2.34. The predicted octanol–water partition coefficient (Wildman–Crippen LogP) is 2.92. The number of anilines is 2. The molecule has 0 atom stereocenters. The number of halogens is 3. The van der Waals surface area contributed by atoms with Gasteiger partial charge in [0.05, 0.1) is 17.2 Å². The average Bonchev–Trinajstić information content (AvgIpc) is 2.38. The number of nitrogens with two attached hydrogens (primary N) is 1. The molecule has 0 spiro atoms. The minimum atomic E-state index is -4.10. The second-order valence-electron chi connectivity index (χ2n) is 4.69. The summed E-state index contributed by atoms with van der Waals surface area (Å²) in [7, 11) is 0. The smallest absolute Gasteiger partial charge is 0.391 e. The normalized spacial score (nSPS) is 17.3. The number of rotatable bonds is 1. The molecule has 1 aromatic carbocycles. The number of nitriles is 1. The number of hydrogen-bond acceptors (Lipinski definition) is 3. The lowest BCUT2D eigenvalue weighted by molar-refractivity contribution is -0.179. The van der Waals surface area contributed by atoms with E-state index in [1.165, 1.54) is 0 Å². The molecule has 0 bridgehead atoms. The fourth-order valence-electron chi connectivity index (χ4n) is 2.31. The van der Waals surface area contributed by atoms with Gasteiger partial charge in [-0.1, -0.05) is 0 Å². The average molecular weight is 269 g/mol. The van der Waals surface area contributed by atoms with Crippen LogP contribution in [0.2, 0.25) is 0 Å². The Labute approximate surface area is 109 Å². The standard InChI is InChI=1S/C13H14F3N3/c14-13(15,16)10-3-5-19(6-4-10)11-2-1-9(8-17)12(18)7-11/h1-2,7,10H,3-6,18H2. The number of alkyl halides is 3. The van der Waals surface area contributed by atoms with Crippen LogP contribution < -0.4 is 10.6 Å². The van der Waals surface area contributed by atoms with Crippen molar-refractivity contribution in [1.29, 1.82) is 5.26 Å². The van der Waals surface area contributed by atoms with Crippen molar-refractivity contribution in [2.45, 2.75) is 19.0 Å². The van der Waals surface area contributed by atoms with Crippen molar-refractivity contribution in [2.24, 2.45) is 5.92 Å².